The molecular weight excluding hydrogens is 340 g/mol. The van der Waals surface area contributed by atoms with Gasteiger partial charge in [-0.1, -0.05) is 19.1 Å². The molecular formula is C17H14N4O3S. The van der Waals surface area contributed by atoms with Crippen molar-refractivity contribution in [1.29, 1.82) is 0 Å². The zero-order valence-corrected chi connectivity index (χ0v) is 14.1. The topological polar surface area (TPSA) is 90.4 Å². The lowest BCUT2D eigenvalue weighted by molar-refractivity contribution is -0.385. The maximum atomic E-state index is 12.4. The van der Waals surface area contributed by atoms with E-state index in [1.165, 1.54) is 29.9 Å². The number of rotatable bonds is 5. The number of benzene rings is 1. The number of aromatic nitrogens is 2. The number of nitro groups is 1. The van der Waals surface area contributed by atoms with E-state index < -0.39 is 4.92 Å². The molecule has 0 saturated heterocycles. The third-order valence-corrected chi connectivity index (χ3v) is 4.71. The van der Waals surface area contributed by atoms with Crippen molar-refractivity contribution < 1.29 is 4.92 Å². The molecule has 2 aromatic heterocycles. The number of hydrogen-bond donors (Lipinski definition) is 0. The first kappa shape index (κ1) is 16.7. The average molecular weight is 354 g/mol. The van der Waals surface area contributed by atoms with Crippen molar-refractivity contribution >= 4 is 39.5 Å². The highest BCUT2D eigenvalue weighted by molar-refractivity contribution is 7.18. The van der Waals surface area contributed by atoms with Crippen LogP contribution in [0.1, 0.15) is 17.4 Å². The van der Waals surface area contributed by atoms with Crippen LogP contribution in [0.3, 0.4) is 0 Å². The molecule has 0 spiro atoms. The van der Waals surface area contributed by atoms with Crippen LogP contribution >= 0.6 is 11.3 Å². The Morgan fingerprint density at radius 2 is 2.20 bits per heavy atom. The van der Waals surface area contributed by atoms with Gasteiger partial charge >= 0.3 is 0 Å². The van der Waals surface area contributed by atoms with Gasteiger partial charge in [-0.05, 0) is 30.7 Å². The van der Waals surface area contributed by atoms with Crippen molar-refractivity contribution in [3.63, 3.8) is 0 Å². The van der Waals surface area contributed by atoms with Gasteiger partial charge in [0.1, 0.15) is 11.2 Å². The molecule has 3 aromatic rings. The van der Waals surface area contributed by atoms with Crippen LogP contribution in [-0.2, 0) is 6.42 Å². The molecule has 0 aliphatic heterocycles. The van der Waals surface area contributed by atoms with Gasteiger partial charge in [0.2, 0.25) is 0 Å². The van der Waals surface area contributed by atoms with Gasteiger partial charge in [-0.25, -0.2) is 4.98 Å². The van der Waals surface area contributed by atoms with E-state index in [-0.39, 0.29) is 11.2 Å². The minimum absolute atomic E-state index is 0.0118. The minimum Gasteiger partial charge on any atom is -0.267 e. The standard InChI is InChI=1S/C17H14N4O3S/c1-2-13-10-14-16(25-13)18-11-20(17(14)22)19-9-5-7-12-6-3-4-8-15(12)21(23)24/h3-11H,2H2,1H3/b7-5+,19-9-. The molecule has 0 amide bonds. The van der Waals surface area contributed by atoms with Crippen molar-refractivity contribution in [1.82, 2.24) is 9.66 Å². The number of allylic oxidation sites excluding steroid dienone is 1. The Bertz CT molecular complexity index is 1050. The highest BCUT2D eigenvalue weighted by Crippen LogP contribution is 2.21. The van der Waals surface area contributed by atoms with Crippen LogP contribution in [0.4, 0.5) is 5.69 Å². The van der Waals surface area contributed by atoms with E-state index in [1.54, 1.807) is 30.4 Å². The third kappa shape index (κ3) is 3.53. The first-order valence-electron chi connectivity index (χ1n) is 7.54. The Labute approximate surface area is 146 Å². The monoisotopic (exact) mass is 354 g/mol. The van der Waals surface area contributed by atoms with Crippen molar-refractivity contribution in [2.45, 2.75) is 13.3 Å². The van der Waals surface area contributed by atoms with Crippen molar-refractivity contribution in [3.8, 4) is 0 Å². The van der Waals surface area contributed by atoms with Gasteiger partial charge in [0.25, 0.3) is 11.2 Å². The predicted molar refractivity (Wildman–Crippen MR) is 99.3 cm³/mol. The van der Waals surface area contributed by atoms with E-state index >= 15 is 0 Å². The van der Waals surface area contributed by atoms with E-state index in [4.69, 9.17) is 0 Å². The largest absolute Gasteiger partial charge is 0.282 e. The van der Waals surface area contributed by atoms with Crippen LogP contribution in [0.25, 0.3) is 16.3 Å². The molecule has 0 aliphatic rings. The molecule has 0 aliphatic carbocycles. The smallest absolute Gasteiger partial charge is 0.267 e. The predicted octanol–water partition coefficient (Wildman–Crippen LogP) is 3.48. The fourth-order valence-electron chi connectivity index (χ4n) is 2.27. The summed E-state index contributed by atoms with van der Waals surface area (Å²) in [6.07, 6.45) is 6.74. The van der Waals surface area contributed by atoms with Crippen LogP contribution in [0.2, 0.25) is 0 Å². The van der Waals surface area contributed by atoms with E-state index in [0.717, 1.165) is 16.0 Å². The molecule has 0 saturated carbocycles. The van der Waals surface area contributed by atoms with Crippen LogP contribution in [0, 0.1) is 10.1 Å². The molecule has 0 N–H and O–H groups in total. The summed E-state index contributed by atoms with van der Waals surface area (Å²) in [5.74, 6) is 0. The van der Waals surface area contributed by atoms with Gasteiger partial charge in [0.15, 0.2) is 0 Å². The maximum Gasteiger partial charge on any atom is 0.282 e. The summed E-state index contributed by atoms with van der Waals surface area (Å²) in [7, 11) is 0. The van der Waals surface area contributed by atoms with Crippen LogP contribution in [-0.4, -0.2) is 20.8 Å². The number of nitro benzene ring substituents is 1. The molecule has 25 heavy (non-hydrogen) atoms. The highest BCUT2D eigenvalue weighted by Gasteiger charge is 2.09. The van der Waals surface area contributed by atoms with Crippen LogP contribution in [0.15, 0.2) is 52.6 Å². The number of nitrogens with zero attached hydrogens (tertiary/aromatic N) is 4. The molecule has 3 rings (SSSR count). The van der Waals surface area contributed by atoms with Crippen molar-refractivity contribution in [2.24, 2.45) is 5.10 Å². The second-order valence-corrected chi connectivity index (χ2v) is 6.23. The second-order valence-electron chi connectivity index (χ2n) is 5.12. The first-order valence-corrected chi connectivity index (χ1v) is 8.36. The molecule has 0 bridgehead atoms. The van der Waals surface area contributed by atoms with Gasteiger partial charge in [-0.15, -0.1) is 11.3 Å². The number of para-hydroxylation sites is 1. The number of aryl methyl sites for hydroxylation is 1. The van der Waals surface area contributed by atoms with Crippen LogP contribution in [0.5, 0.6) is 0 Å². The Hall–Kier alpha value is -3.13. The summed E-state index contributed by atoms with van der Waals surface area (Å²) in [4.78, 5) is 28.9. The Balaban J connectivity index is 1.85. The summed E-state index contributed by atoms with van der Waals surface area (Å²) in [6.45, 7) is 2.02. The van der Waals surface area contributed by atoms with E-state index in [9.17, 15) is 14.9 Å². The fraction of sp³-hybridized carbons (Fsp3) is 0.118. The SMILES string of the molecule is CCc1cc2c(=O)n(/N=C\C=C\c3ccccc3[N+](=O)[O-])cnc2s1. The molecule has 0 radical (unpaired) electrons. The summed E-state index contributed by atoms with van der Waals surface area (Å²) >= 11 is 1.50. The van der Waals surface area contributed by atoms with Gasteiger partial charge in [-0.3, -0.25) is 14.9 Å². The van der Waals surface area contributed by atoms with E-state index in [2.05, 4.69) is 10.1 Å². The fourth-order valence-corrected chi connectivity index (χ4v) is 3.20. The lowest BCUT2D eigenvalue weighted by Gasteiger charge is -1.96. The zero-order chi connectivity index (χ0) is 17.8. The molecule has 1 aromatic carbocycles. The average Bonchev–Trinajstić information content (AvgIpc) is 3.05. The summed E-state index contributed by atoms with van der Waals surface area (Å²) < 4.78 is 1.15. The lowest BCUT2D eigenvalue weighted by atomic mass is 10.2. The Kier molecular flexibility index (Phi) is 4.80. The van der Waals surface area contributed by atoms with Gasteiger partial charge < -0.3 is 0 Å². The minimum atomic E-state index is -0.443. The Morgan fingerprint density at radius 3 is 2.96 bits per heavy atom. The third-order valence-electron chi connectivity index (χ3n) is 3.52. The summed E-state index contributed by atoms with van der Waals surface area (Å²) in [5, 5.41) is 15.5. The van der Waals surface area contributed by atoms with E-state index in [0.29, 0.717) is 15.8 Å². The Morgan fingerprint density at radius 1 is 1.40 bits per heavy atom. The molecule has 0 unspecified atom stereocenters. The molecule has 7 nitrogen and oxygen atoms in total. The molecule has 126 valence electrons. The van der Waals surface area contributed by atoms with E-state index in [1.807, 2.05) is 13.0 Å². The normalized spacial score (nSPS) is 11.7. The number of hydrogen-bond acceptors (Lipinski definition) is 6. The van der Waals surface area contributed by atoms with Crippen molar-refractivity contribution in [2.75, 3.05) is 0 Å². The molecule has 2 heterocycles. The zero-order valence-electron chi connectivity index (χ0n) is 13.3. The summed E-state index contributed by atoms with van der Waals surface area (Å²) in [5.41, 5.74) is 0.236. The summed E-state index contributed by atoms with van der Waals surface area (Å²) in [6, 6.07) is 8.23. The molecule has 0 fully saturated rings. The van der Waals surface area contributed by atoms with Gasteiger partial charge in [0, 0.05) is 17.2 Å². The van der Waals surface area contributed by atoms with Crippen LogP contribution < -0.4 is 5.56 Å². The number of thiophene rings is 1. The maximum absolute atomic E-state index is 12.4. The molecule has 8 heteroatoms. The van der Waals surface area contributed by atoms with Crippen molar-refractivity contribution in [3.05, 3.63) is 73.6 Å². The molecule has 0 atom stereocenters. The quantitative estimate of drug-likeness (QED) is 0.398. The first-order chi connectivity index (χ1) is 12.1. The van der Waals surface area contributed by atoms with Gasteiger partial charge in [0.05, 0.1) is 15.9 Å². The number of fused-ring (bicyclic) bond motifs is 1. The second kappa shape index (κ2) is 7.18. The van der Waals surface area contributed by atoms with Gasteiger partial charge in [-0.2, -0.15) is 9.78 Å². The highest BCUT2D eigenvalue weighted by atomic mass is 32.1. The lowest BCUT2D eigenvalue weighted by Crippen LogP contribution is -2.15.